The van der Waals surface area contributed by atoms with Gasteiger partial charge in [0.15, 0.2) is 0 Å². The molecule has 2 heterocycles. The minimum atomic E-state index is -0.232. The molecule has 5 nitrogen and oxygen atoms in total. The van der Waals surface area contributed by atoms with Crippen molar-refractivity contribution in [3.05, 3.63) is 51.5 Å². The van der Waals surface area contributed by atoms with Crippen molar-refractivity contribution in [3.8, 4) is 0 Å². The summed E-state index contributed by atoms with van der Waals surface area (Å²) in [6, 6.07) is 8.57. The lowest BCUT2D eigenvalue weighted by Gasteiger charge is -2.38. The van der Waals surface area contributed by atoms with Crippen LogP contribution in [0.25, 0.3) is 0 Å². The van der Waals surface area contributed by atoms with Crippen LogP contribution < -0.4 is 4.90 Å². The molecule has 2 amide bonds. The molecule has 1 saturated heterocycles. The van der Waals surface area contributed by atoms with Crippen molar-refractivity contribution in [2.75, 3.05) is 44.2 Å². The van der Waals surface area contributed by atoms with Gasteiger partial charge in [-0.3, -0.25) is 9.59 Å². The molecule has 7 heteroatoms. The maximum atomic E-state index is 13.2. The number of fused-ring (bicyclic) bond motifs is 1. The molecule has 2 aliphatic rings. The average molecular weight is 444 g/mol. The van der Waals surface area contributed by atoms with Gasteiger partial charge in [0.2, 0.25) is 5.91 Å². The highest BCUT2D eigenvalue weighted by atomic mass is 32.1. The highest BCUT2D eigenvalue weighted by Gasteiger charge is 2.32. The van der Waals surface area contributed by atoms with E-state index in [1.54, 1.807) is 23.5 Å². The lowest BCUT2D eigenvalue weighted by molar-refractivity contribution is -0.136. The number of thiophene rings is 1. The summed E-state index contributed by atoms with van der Waals surface area (Å²) in [6.07, 6.45) is 2.45. The van der Waals surface area contributed by atoms with Gasteiger partial charge in [0.25, 0.3) is 5.91 Å². The number of hydrogen-bond acceptors (Lipinski definition) is 4. The van der Waals surface area contributed by atoms with Crippen molar-refractivity contribution in [2.24, 2.45) is 5.92 Å². The summed E-state index contributed by atoms with van der Waals surface area (Å²) < 4.78 is 13.2. The fourth-order valence-corrected chi connectivity index (χ4v) is 5.78. The van der Waals surface area contributed by atoms with Gasteiger partial charge in [0, 0.05) is 55.8 Å². The smallest absolute Gasteiger partial charge is 0.263 e. The molecule has 1 fully saturated rings. The standard InChI is InChI=1S/C24H30FN3O2S/c1-3-26(4-2)24(30)22-16-18-15-17(5-10-21(18)31-22)23(29)28-13-11-27(12-14-28)20-8-6-19(25)7-9-20/h6-9,16-17H,3-5,10-15H2,1-2H3. The second-order valence-electron chi connectivity index (χ2n) is 8.26. The van der Waals surface area contributed by atoms with Crippen molar-refractivity contribution in [1.82, 2.24) is 9.80 Å². The molecule has 1 aromatic heterocycles. The molecule has 0 bridgehead atoms. The first kappa shape index (κ1) is 21.8. The van der Waals surface area contributed by atoms with Gasteiger partial charge in [-0.25, -0.2) is 4.39 Å². The monoisotopic (exact) mass is 443 g/mol. The Morgan fingerprint density at radius 1 is 1.10 bits per heavy atom. The first-order valence-electron chi connectivity index (χ1n) is 11.2. The van der Waals surface area contributed by atoms with Gasteiger partial charge in [0.1, 0.15) is 5.82 Å². The van der Waals surface area contributed by atoms with E-state index in [1.165, 1.54) is 22.6 Å². The fraction of sp³-hybridized carbons (Fsp3) is 0.500. The summed E-state index contributed by atoms with van der Waals surface area (Å²) in [5.74, 6) is 0.0944. The molecule has 1 atom stereocenters. The second kappa shape index (κ2) is 9.39. The minimum Gasteiger partial charge on any atom is -0.368 e. The van der Waals surface area contributed by atoms with E-state index < -0.39 is 0 Å². The summed E-state index contributed by atoms with van der Waals surface area (Å²) >= 11 is 1.60. The molecular formula is C24H30FN3O2S. The van der Waals surface area contributed by atoms with E-state index in [0.717, 1.165) is 42.9 Å². The van der Waals surface area contributed by atoms with Crippen LogP contribution in [0.2, 0.25) is 0 Å². The summed E-state index contributed by atoms with van der Waals surface area (Å²) in [4.78, 5) is 34.0. The molecule has 2 aromatic rings. The first-order chi connectivity index (χ1) is 15.0. The highest BCUT2D eigenvalue weighted by molar-refractivity contribution is 7.14. The van der Waals surface area contributed by atoms with Crippen LogP contribution in [0.15, 0.2) is 30.3 Å². The Hall–Kier alpha value is -2.41. The molecule has 166 valence electrons. The number of halogens is 1. The van der Waals surface area contributed by atoms with Crippen LogP contribution in [0.1, 0.15) is 40.4 Å². The Bertz CT molecular complexity index is 931. The number of amides is 2. The largest absolute Gasteiger partial charge is 0.368 e. The van der Waals surface area contributed by atoms with Crippen LogP contribution in [-0.4, -0.2) is 60.9 Å². The van der Waals surface area contributed by atoms with Crippen LogP contribution in [0.4, 0.5) is 10.1 Å². The Morgan fingerprint density at radius 3 is 2.42 bits per heavy atom. The predicted molar refractivity (Wildman–Crippen MR) is 122 cm³/mol. The number of anilines is 1. The van der Waals surface area contributed by atoms with Gasteiger partial charge < -0.3 is 14.7 Å². The molecule has 31 heavy (non-hydrogen) atoms. The molecule has 1 aromatic carbocycles. The van der Waals surface area contributed by atoms with Gasteiger partial charge in [-0.2, -0.15) is 0 Å². The highest BCUT2D eigenvalue weighted by Crippen LogP contribution is 2.34. The van der Waals surface area contributed by atoms with Crippen molar-refractivity contribution >= 4 is 28.8 Å². The van der Waals surface area contributed by atoms with Gasteiger partial charge >= 0.3 is 0 Å². The van der Waals surface area contributed by atoms with Gasteiger partial charge in [-0.15, -0.1) is 11.3 Å². The Labute approximate surface area is 187 Å². The van der Waals surface area contributed by atoms with Crippen molar-refractivity contribution in [3.63, 3.8) is 0 Å². The summed E-state index contributed by atoms with van der Waals surface area (Å²) in [5.41, 5.74) is 2.18. The number of nitrogens with zero attached hydrogens (tertiary/aromatic N) is 3. The Kier molecular flexibility index (Phi) is 6.60. The van der Waals surface area contributed by atoms with Crippen LogP contribution >= 0.6 is 11.3 Å². The normalized spacial score (nSPS) is 18.6. The summed E-state index contributed by atoms with van der Waals surface area (Å²) in [7, 11) is 0. The third kappa shape index (κ3) is 4.61. The quantitative estimate of drug-likeness (QED) is 0.706. The third-order valence-corrected chi connectivity index (χ3v) is 7.70. The lowest BCUT2D eigenvalue weighted by Crippen LogP contribution is -2.51. The van der Waals surface area contributed by atoms with Crippen LogP contribution in [0, 0.1) is 11.7 Å². The predicted octanol–water partition coefficient (Wildman–Crippen LogP) is 3.82. The minimum absolute atomic E-state index is 0.00382. The van der Waals surface area contributed by atoms with Crippen LogP contribution in [-0.2, 0) is 17.6 Å². The molecule has 1 unspecified atom stereocenters. The van der Waals surface area contributed by atoms with E-state index in [4.69, 9.17) is 0 Å². The summed E-state index contributed by atoms with van der Waals surface area (Å²) in [5, 5.41) is 0. The third-order valence-electron chi connectivity index (χ3n) is 6.48. The van der Waals surface area contributed by atoms with E-state index >= 15 is 0 Å². The second-order valence-corrected chi connectivity index (χ2v) is 9.40. The molecule has 1 aliphatic carbocycles. The van der Waals surface area contributed by atoms with Gasteiger partial charge in [-0.1, -0.05) is 0 Å². The molecule has 0 radical (unpaired) electrons. The number of carbonyl (C=O) groups excluding carboxylic acids is 2. The Morgan fingerprint density at radius 2 is 1.77 bits per heavy atom. The molecule has 0 saturated carbocycles. The van der Waals surface area contributed by atoms with Crippen molar-refractivity contribution < 1.29 is 14.0 Å². The zero-order valence-electron chi connectivity index (χ0n) is 18.3. The molecular weight excluding hydrogens is 413 g/mol. The van der Waals surface area contributed by atoms with Gasteiger partial charge in [0.05, 0.1) is 4.88 Å². The first-order valence-corrected chi connectivity index (χ1v) is 12.0. The average Bonchev–Trinajstić information content (AvgIpc) is 3.23. The van der Waals surface area contributed by atoms with Gasteiger partial charge in [-0.05, 0) is 69.0 Å². The van der Waals surface area contributed by atoms with E-state index in [-0.39, 0.29) is 23.5 Å². The fourth-order valence-electron chi connectivity index (χ4n) is 4.60. The summed E-state index contributed by atoms with van der Waals surface area (Å²) in [6.45, 7) is 8.32. The zero-order valence-corrected chi connectivity index (χ0v) is 19.1. The number of rotatable bonds is 5. The molecule has 0 spiro atoms. The number of aryl methyl sites for hydroxylation is 1. The number of carbonyl (C=O) groups is 2. The maximum absolute atomic E-state index is 13.2. The molecule has 1 aliphatic heterocycles. The van der Waals surface area contributed by atoms with Crippen LogP contribution in [0.3, 0.4) is 0 Å². The van der Waals surface area contributed by atoms with E-state index in [1.807, 2.05) is 29.7 Å². The maximum Gasteiger partial charge on any atom is 0.263 e. The molecule has 4 rings (SSSR count). The molecule has 0 N–H and O–H groups in total. The topological polar surface area (TPSA) is 43.9 Å². The Balaban J connectivity index is 1.36. The number of benzene rings is 1. The van der Waals surface area contributed by atoms with Crippen LogP contribution in [0.5, 0.6) is 0 Å². The number of piperazine rings is 1. The van der Waals surface area contributed by atoms with E-state index in [9.17, 15) is 14.0 Å². The van der Waals surface area contributed by atoms with E-state index in [2.05, 4.69) is 4.90 Å². The van der Waals surface area contributed by atoms with Crippen molar-refractivity contribution in [2.45, 2.75) is 33.1 Å². The van der Waals surface area contributed by atoms with E-state index in [0.29, 0.717) is 26.2 Å². The number of hydrogen-bond donors (Lipinski definition) is 0. The zero-order chi connectivity index (χ0) is 22.0. The van der Waals surface area contributed by atoms with Crippen molar-refractivity contribution in [1.29, 1.82) is 0 Å². The lowest BCUT2D eigenvalue weighted by atomic mass is 9.87. The SMILES string of the molecule is CCN(CC)C(=O)c1cc2c(s1)CCC(C(=O)N1CCN(c3ccc(F)cc3)CC1)C2.